The molecule has 0 saturated carbocycles. The van der Waals surface area contributed by atoms with Crippen LogP contribution in [0.2, 0.25) is 0 Å². The van der Waals surface area contributed by atoms with Crippen LogP contribution in [0.25, 0.3) is 11.0 Å². The first-order chi connectivity index (χ1) is 8.43. The molecule has 2 nitrogen and oxygen atoms in total. The minimum Gasteiger partial charge on any atom is -0.244 e. The second kappa shape index (κ2) is 5.19. The molecule has 1 aromatic carbocycles. The summed E-state index contributed by atoms with van der Waals surface area (Å²) in [5.41, 5.74) is 4.46. The highest BCUT2D eigenvalue weighted by Crippen LogP contribution is 2.44. The number of nitrogens with zero attached hydrogens (tertiary/aromatic N) is 2. The number of benzene rings is 1. The summed E-state index contributed by atoms with van der Waals surface area (Å²) in [5.74, 6) is 0. The van der Waals surface area contributed by atoms with Crippen LogP contribution >= 0.6 is 16.5 Å². The van der Waals surface area contributed by atoms with Crippen LogP contribution in [-0.2, 0) is 0 Å². The van der Waals surface area contributed by atoms with Crippen LogP contribution in [0.4, 0.5) is 0 Å². The van der Waals surface area contributed by atoms with Gasteiger partial charge in [0.25, 0.3) is 0 Å². The van der Waals surface area contributed by atoms with Gasteiger partial charge in [-0.1, -0.05) is 49.4 Å². The fourth-order valence-corrected chi connectivity index (χ4v) is 4.32. The molecule has 2 unspecified atom stereocenters. The third kappa shape index (κ3) is 2.71. The number of rotatable bonds is 2. The Balaban J connectivity index is 2.62. The topological polar surface area (TPSA) is 25.8 Å². The highest BCUT2D eigenvalue weighted by atomic mass is 31.1. The normalized spacial score (nSPS) is 14.5. The quantitative estimate of drug-likeness (QED) is 0.789. The molecule has 96 valence electrons. The van der Waals surface area contributed by atoms with Crippen molar-refractivity contribution in [1.29, 1.82) is 0 Å². The molecule has 0 aliphatic heterocycles. The van der Waals surface area contributed by atoms with Crippen molar-refractivity contribution < 1.29 is 0 Å². The Morgan fingerprint density at radius 2 is 1.61 bits per heavy atom. The number of hydrogen-bond acceptors (Lipinski definition) is 2. The van der Waals surface area contributed by atoms with Gasteiger partial charge in [0, 0.05) is 0 Å². The monoisotopic (exact) mass is 278 g/mol. The Morgan fingerprint density at radius 1 is 1.06 bits per heavy atom. The number of fused-ring (bicyclic) bond motifs is 1. The van der Waals surface area contributed by atoms with Crippen LogP contribution in [0, 0.1) is 0 Å². The summed E-state index contributed by atoms with van der Waals surface area (Å²) in [6.07, 6.45) is 0. The van der Waals surface area contributed by atoms with Crippen molar-refractivity contribution in [2.24, 2.45) is 0 Å². The van der Waals surface area contributed by atoms with Crippen LogP contribution in [0.1, 0.15) is 20.8 Å². The van der Waals surface area contributed by atoms with Crippen LogP contribution in [0.5, 0.6) is 0 Å². The van der Waals surface area contributed by atoms with Crippen LogP contribution in [0.15, 0.2) is 24.3 Å². The van der Waals surface area contributed by atoms with Crippen molar-refractivity contribution >= 4 is 38.4 Å². The van der Waals surface area contributed by atoms with Gasteiger partial charge in [-0.05, 0) is 30.6 Å². The average molecular weight is 278 g/mol. The van der Waals surface area contributed by atoms with Gasteiger partial charge >= 0.3 is 0 Å². The second-order valence-electron chi connectivity index (χ2n) is 5.36. The van der Waals surface area contributed by atoms with Gasteiger partial charge in [-0.25, -0.2) is 9.97 Å². The van der Waals surface area contributed by atoms with E-state index >= 15 is 0 Å². The van der Waals surface area contributed by atoms with Gasteiger partial charge in [0.15, 0.2) is 0 Å². The maximum Gasteiger partial charge on any atom is 0.0896 e. The van der Waals surface area contributed by atoms with Gasteiger partial charge in [-0.3, -0.25) is 0 Å². The molecule has 0 fully saturated rings. The Morgan fingerprint density at radius 3 is 2.11 bits per heavy atom. The molecule has 0 spiro atoms. The van der Waals surface area contributed by atoms with Crippen molar-refractivity contribution in [3.63, 3.8) is 0 Å². The summed E-state index contributed by atoms with van der Waals surface area (Å²) in [7, 11) is 0.423. The largest absolute Gasteiger partial charge is 0.244 e. The van der Waals surface area contributed by atoms with E-state index in [4.69, 9.17) is 9.97 Å². The Labute approximate surface area is 112 Å². The van der Waals surface area contributed by atoms with Crippen molar-refractivity contribution in [2.75, 3.05) is 13.3 Å². The Hall–Kier alpha value is -0.580. The first-order valence-electron chi connectivity index (χ1n) is 6.12. The number of para-hydroxylation sites is 2. The van der Waals surface area contributed by atoms with Crippen molar-refractivity contribution in [1.82, 2.24) is 9.97 Å². The van der Waals surface area contributed by atoms with Crippen LogP contribution in [0.3, 0.4) is 0 Å². The molecule has 2 aromatic rings. The van der Waals surface area contributed by atoms with E-state index < -0.39 is 0 Å². The van der Waals surface area contributed by atoms with Crippen LogP contribution in [-0.4, -0.2) is 28.5 Å². The second-order valence-corrected chi connectivity index (χ2v) is 9.22. The summed E-state index contributed by atoms with van der Waals surface area (Å²) in [5, 5.41) is 0.279. The molecule has 0 saturated heterocycles. The van der Waals surface area contributed by atoms with E-state index in [0.717, 1.165) is 11.0 Å². The predicted molar refractivity (Wildman–Crippen MR) is 85.6 cm³/mol. The van der Waals surface area contributed by atoms with E-state index in [1.54, 1.807) is 0 Å². The van der Waals surface area contributed by atoms with Gasteiger partial charge < -0.3 is 0 Å². The van der Waals surface area contributed by atoms with E-state index in [1.807, 2.05) is 18.2 Å². The lowest BCUT2D eigenvalue weighted by molar-refractivity contribution is 0.790. The summed E-state index contributed by atoms with van der Waals surface area (Å²) in [6.45, 7) is 11.4. The molecule has 1 heterocycles. The molecule has 1 aromatic heterocycles. The van der Waals surface area contributed by atoms with E-state index in [0.29, 0.717) is 8.58 Å². The molecule has 0 aliphatic carbocycles. The van der Waals surface area contributed by atoms with Gasteiger partial charge in [-0.2, -0.15) is 0 Å². The SMILES string of the molecule is CPc1nc2ccccc2nc1P(C)C(C)(C)C. The minimum absolute atomic E-state index is 0.279. The predicted octanol–water partition coefficient (Wildman–Crippen LogP) is 3.10. The molecule has 0 N–H and O–H groups in total. The molecule has 2 atom stereocenters. The molecule has 0 aliphatic rings. The summed E-state index contributed by atoms with van der Waals surface area (Å²) in [6, 6.07) is 8.16. The number of aromatic nitrogens is 2. The molecular weight excluding hydrogens is 258 g/mol. The van der Waals surface area contributed by atoms with E-state index in [1.165, 1.54) is 10.9 Å². The lowest BCUT2D eigenvalue weighted by Gasteiger charge is -2.28. The maximum atomic E-state index is 4.89. The zero-order valence-electron chi connectivity index (χ0n) is 11.7. The van der Waals surface area contributed by atoms with Gasteiger partial charge in [0.2, 0.25) is 0 Å². The molecule has 0 bridgehead atoms. The first kappa shape index (κ1) is 13.8. The summed E-state index contributed by atoms with van der Waals surface area (Å²) >= 11 is 0. The Bertz CT molecular complexity index is 561. The molecule has 2 rings (SSSR count). The lowest BCUT2D eigenvalue weighted by Crippen LogP contribution is -2.31. The highest BCUT2D eigenvalue weighted by Gasteiger charge is 2.25. The minimum atomic E-state index is -0.283. The third-order valence-electron chi connectivity index (χ3n) is 3.11. The summed E-state index contributed by atoms with van der Waals surface area (Å²) < 4.78 is 0. The van der Waals surface area contributed by atoms with E-state index in [-0.39, 0.29) is 13.1 Å². The van der Waals surface area contributed by atoms with Gasteiger partial charge in [0.05, 0.1) is 21.9 Å². The third-order valence-corrected chi connectivity index (χ3v) is 7.11. The first-order valence-corrected chi connectivity index (χ1v) is 9.41. The average Bonchev–Trinajstić information content (AvgIpc) is 2.35. The maximum absolute atomic E-state index is 4.89. The van der Waals surface area contributed by atoms with E-state index in [2.05, 4.69) is 40.2 Å². The van der Waals surface area contributed by atoms with Gasteiger partial charge in [-0.15, -0.1) is 0 Å². The van der Waals surface area contributed by atoms with Crippen molar-refractivity contribution in [2.45, 2.75) is 25.9 Å². The fraction of sp³-hybridized carbons (Fsp3) is 0.429. The molecule has 4 heteroatoms. The molecule has 18 heavy (non-hydrogen) atoms. The lowest BCUT2D eigenvalue weighted by atomic mass is 10.3. The van der Waals surface area contributed by atoms with Crippen molar-refractivity contribution in [3.8, 4) is 0 Å². The number of hydrogen-bond donors (Lipinski definition) is 0. The summed E-state index contributed by atoms with van der Waals surface area (Å²) in [4.78, 5) is 9.68. The van der Waals surface area contributed by atoms with Crippen LogP contribution < -0.4 is 10.9 Å². The zero-order chi connectivity index (χ0) is 13.3. The molecule has 0 radical (unpaired) electrons. The zero-order valence-corrected chi connectivity index (χ0v) is 13.5. The fourth-order valence-electron chi connectivity index (χ4n) is 1.71. The molecular formula is C14H20N2P2. The van der Waals surface area contributed by atoms with E-state index in [9.17, 15) is 0 Å². The molecule has 0 amide bonds. The highest BCUT2D eigenvalue weighted by molar-refractivity contribution is 7.68. The standard InChI is InChI=1S/C14H20N2P2/c1-14(2,3)18(5)13-12(17-4)15-10-8-6-7-9-11(10)16-13/h6-9,17H,1-5H3. The van der Waals surface area contributed by atoms with Gasteiger partial charge in [0.1, 0.15) is 0 Å². The Kier molecular flexibility index (Phi) is 3.99. The smallest absolute Gasteiger partial charge is 0.0896 e. The van der Waals surface area contributed by atoms with Crippen molar-refractivity contribution in [3.05, 3.63) is 24.3 Å².